The summed E-state index contributed by atoms with van der Waals surface area (Å²) in [7, 11) is 0. The first-order valence-electron chi connectivity index (χ1n) is 6.20. The van der Waals surface area contributed by atoms with Gasteiger partial charge in [0.15, 0.2) is 11.6 Å². The van der Waals surface area contributed by atoms with Crippen molar-refractivity contribution in [3.63, 3.8) is 0 Å². The van der Waals surface area contributed by atoms with Crippen molar-refractivity contribution in [2.45, 2.75) is 6.04 Å². The lowest BCUT2D eigenvalue weighted by Crippen LogP contribution is -2.14. The molecule has 2 aromatic carbocycles. The van der Waals surface area contributed by atoms with Crippen LogP contribution in [0.1, 0.15) is 17.2 Å². The summed E-state index contributed by atoms with van der Waals surface area (Å²) in [6, 6.07) is 10.7. The zero-order valence-corrected chi connectivity index (χ0v) is 10.6. The molecule has 20 heavy (non-hydrogen) atoms. The highest BCUT2D eigenvalue weighted by Gasteiger charge is 2.18. The van der Waals surface area contributed by atoms with Crippen LogP contribution in [0.4, 0.5) is 8.78 Å². The van der Waals surface area contributed by atoms with Crippen molar-refractivity contribution in [1.82, 2.24) is 4.98 Å². The first-order chi connectivity index (χ1) is 9.68. The van der Waals surface area contributed by atoms with Gasteiger partial charge in [-0.25, -0.2) is 8.78 Å². The molecular weight excluding hydrogens is 258 g/mol. The molecule has 2 nitrogen and oxygen atoms in total. The zero-order chi connectivity index (χ0) is 14.1. The number of benzene rings is 2. The predicted octanol–water partition coefficient (Wildman–Crippen LogP) is 3.56. The molecule has 0 saturated carbocycles. The third-order valence-electron chi connectivity index (χ3n) is 3.37. The average Bonchev–Trinajstić information content (AvgIpc) is 2.49. The minimum atomic E-state index is -0.897. The number of pyridine rings is 1. The molecule has 0 aliphatic carbocycles. The summed E-state index contributed by atoms with van der Waals surface area (Å²) in [5.41, 5.74) is 7.02. The number of hydrogen-bond acceptors (Lipinski definition) is 2. The standard InChI is InChI=1S/C16H12F2N2/c17-14-6-2-5-13(15(14)18)16(19)12-4-1-3-10-9-20-8-7-11(10)12/h1-9,16H,19H2. The van der Waals surface area contributed by atoms with Crippen LogP contribution in [0.3, 0.4) is 0 Å². The van der Waals surface area contributed by atoms with Crippen molar-refractivity contribution in [2.75, 3.05) is 0 Å². The van der Waals surface area contributed by atoms with Gasteiger partial charge in [-0.3, -0.25) is 4.98 Å². The Balaban J connectivity index is 2.18. The van der Waals surface area contributed by atoms with E-state index in [-0.39, 0.29) is 5.56 Å². The number of nitrogens with two attached hydrogens (primary N) is 1. The summed E-state index contributed by atoms with van der Waals surface area (Å²) in [6.07, 6.45) is 3.37. The van der Waals surface area contributed by atoms with Crippen molar-refractivity contribution in [3.05, 3.63) is 77.6 Å². The topological polar surface area (TPSA) is 38.9 Å². The highest BCUT2D eigenvalue weighted by atomic mass is 19.2. The molecule has 100 valence electrons. The van der Waals surface area contributed by atoms with E-state index in [1.54, 1.807) is 12.4 Å². The molecular formula is C16H12F2N2. The third kappa shape index (κ3) is 2.04. The highest BCUT2D eigenvalue weighted by molar-refractivity contribution is 5.85. The van der Waals surface area contributed by atoms with Gasteiger partial charge in [-0.1, -0.05) is 30.3 Å². The summed E-state index contributed by atoms with van der Waals surface area (Å²) >= 11 is 0. The van der Waals surface area contributed by atoms with Crippen molar-refractivity contribution >= 4 is 10.8 Å². The molecule has 0 fully saturated rings. The molecule has 1 unspecified atom stereocenters. The second-order valence-electron chi connectivity index (χ2n) is 4.56. The molecule has 1 atom stereocenters. The number of aromatic nitrogens is 1. The second-order valence-corrected chi connectivity index (χ2v) is 4.56. The number of nitrogens with zero attached hydrogens (tertiary/aromatic N) is 1. The van der Waals surface area contributed by atoms with Crippen molar-refractivity contribution < 1.29 is 8.78 Å². The number of hydrogen-bond donors (Lipinski definition) is 1. The molecule has 0 amide bonds. The van der Waals surface area contributed by atoms with Crippen LogP contribution in [0.15, 0.2) is 54.9 Å². The van der Waals surface area contributed by atoms with E-state index in [1.165, 1.54) is 12.1 Å². The summed E-state index contributed by atoms with van der Waals surface area (Å²) in [6.45, 7) is 0. The van der Waals surface area contributed by atoms with E-state index in [1.807, 2.05) is 24.3 Å². The molecule has 0 spiro atoms. The smallest absolute Gasteiger partial charge is 0.163 e. The highest BCUT2D eigenvalue weighted by Crippen LogP contribution is 2.28. The van der Waals surface area contributed by atoms with Gasteiger partial charge in [0.25, 0.3) is 0 Å². The number of halogens is 2. The molecule has 1 heterocycles. The fourth-order valence-corrected chi connectivity index (χ4v) is 2.35. The van der Waals surface area contributed by atoms with Gasteiger partial charge in [0, 0.05) is 23.3 Å². The van der Waals surface area contributed by atoms with E-state index in [0.29, 0.717) is 0 Å². The average molecular weight is 270 g/mol. The van der Waals surface area contributed by atoms with E-state index >= 15 is 0 Å². The van der Waals surface area contributed by atoms with Crippen molar-refractivity contribution in [2.24, 2.45) is 5.73 Å². The van der Waals surface area contributed by atoms with E-state index in [9.17, 15) is 8.78 Å². The fraction of sp³-hybridized carbons (Fsp3) is 0.0625. The lowest BCUT2D eigenvalue weighted by atomic mass is 9.95. The third-order valence-corrected chi connectivity index (χ3v) is 3.37. The quantitative estimate of drug-likeness (QED) is 0.773. The Kier molecular flexibility index (Phi) is 3.16. The molecule has 2 N–H and O–H groups in total. The Hall–Kier alpha value is -2.33. The van der Waals surface area contributed by atoms with Gasteiger partial charge in [0.2, 0.25) is 0 Å². The summed E-state index contributed by atoms with van der Waals surface area (Å²) < 4.78 is 27.2. The summed E-state index contributed by atoms with van der Waals surface area (Å²) in [4.78, 5) is 4.04. The zero-order valence-electron chi connectivity index (χ0n) is 10.6. The van der Waals surface area contributed by atoms with Crippen molar-refractivity contribution in [3.8, 4) is 0 Å². The lowest BCUT2D eigenvalue weighted by molar-refractivity contribution is 0.495. The Morgan fingerprint density at radius 2 is 1.70 bits per heavy atom. The van der Waals surface area contributed by atoms with Crippen LogP contribution in [-0.4, -0.2) is 4.98 Å². The first kappa shape index (κ1) is 12.7. The van der Waals surface area contributed by atoms with Crippen LogP contribution >= 0.6 is 0 Å². The van der Waals surface area contributed by atoms with Crippen LogP contribution in [0, 0.1) is 11.6 Å². The van der Waals surface area contributed by atoms with Crippen LogP contribution < -0.4 is 5.73 Å². The van der Waals surface area contributed by atoms with Gasteiger partial charge in [0.05, 0.1) is 6.04 Å². The largest absolute Gasteiger partial charge is 0.320 e. The lowest BCUT2D eigenvalue weighted by Gasteiger charge is -2.16. The Morgan fingerprint density at radius 1 is 0.950 bits per heavy atom. The predicted molar refractivity (Wildman–Crippen MR) is 74.1 cm³/mol. The summed E-state index contributed by atoms with van der Waals surface area (Å²) in [5, 5.41) is 1.80. The van der Waals surface area contributed by atoms with E-state index in [2.05, 4.69) is 4.98 Å². The van der Waals surface area contributed by atoms with Gasteiger partial charge in [-0.05, 0) is 23.1 Å². The van der Waals surface area contributed by atoms with Gasteiger partial charge >= 0.3 is 0 Å². The molecule has 0 saturated heterocycles. The molecule has 3 rings (SSSR count). The molecule has 0 bridgehead atoms. The molecule has 0 aliphatic rings. The van der Waals surface area contributed by atoms with Gasteiger partial charge in [-0.2, -0.15) is 0 Å². The first-order valence-corrected chi connectivity index (χ1v) is 6.20. The Labute approximate surface area is 114 Å². The van der Waals surface area contributed by atoms with Gasteiger partial charge in [0.1, 0.15) is 0 Å². The summed E-state index contributed by atoms with van der Waals surface area (Å²) in [5.74, 6) is -1.79. The second kappa shape index (κ2) is 4.98. The molecule has 3 aromatic rings. The molecule has 4 heteroatoms. The SMILES string of the molecule is NC(c1cccc(F)c1F)c1cccc2cnccc12. The van der Waals surface area contributed by atoms with Crippen LogP contribution in [-0.2, 0) is 0 Å². The Morgan fingerprint density at radius 3 is 2.55 bits per heavy atom. The molecule has 0 radical (unpaired) electrons. The number of fused-ring (bicyclic) bond motifs is 1. The van der Waals surface area contributed by atoms with E-state index in [0.717, 1.165) is 22.4 Å². The fourth-order valence-electron chi connectivity index (χ4n) is 2.35. The van der Waals surface area contributed by atoms with Crippen LogP contribution in [0.25, 0.3) is 10.8 Å². The van der Waals surface area contributed by atoms with Crippen molar-refractivity contribution in [1.29, 1.82) is 0 Å². The molecule has 0 aliphatic heterocycles. The van der Waals surface area contributed by atoms with E-state index in [4.69, 9.17) is 5.73 Å². The van der Waals surface area contributed by atoms with E-state index < -0.39 is 17.7 Å². The molecule has 1 aromatic heterocycles. The van der Waals surface area contributed by atoms with Crippen LogP contribution in [0.5, 0.6) is 0 Å². The maximum Gasteiger partial charge on any atom is 0.163 e. The van der Waals surface area contributed by atoms with Crippen LogP contribution in [0.2, 0.25) is 0 Å². The maximum atomic E-state index is 13.9. The van der Waals surface area contributed by atoms with Gasteiger partial charge in [-0.15, -0.1) is 0 Å². The minimum Gasteiger partial charge on any atom is -0.320 e. The van der Waals surface area contributed by atoms with Gasteiger partial charge < -0.3 is 5.73 Å². The maximum absolute atomic E-state index is 13.9. The minimum absolute atomic E-state index is 0.148. The number of rotatable bonds is 2. The Bertz CT molecular complexity index is 766. The normalized spacial score (nSPS) is 12.6. The monoisotopic (exact) mass is 270 g/mol.